The number of benzene rings is 3. The van der Waals surface area contributed by atoms with Crippen molar-refractivity contribution >= 4 is 10.8 Å². The highest BCUT2D eigenvalue weighted by Crippen LogP contribution is 2.25. The molecule has 0 bridgehead atoms. The molecule has 1 nitrogen and oxygen atoms in total. The molecule has 0 aliphatic rings. The minimum atomic E-state index is 0.650. The predicted molar refractivity (Wildman–Crippen MR) is 101 cm³/mol. The molecule has 0 saturated carbocycles. The van der Waals surface area contributed by atoms with Gasteiger partial charge in [-0.2, -0.15) is 0 Å². The monoisotopic (exact) mass is 318 g/mol. The summed E-state index contributed by atoms with van der Waals surface area (Å²) in [6.07, 6.45) is 0. The summed E-state index contributed by atoms with van der Waals surface area (Å²) in [6, 6.07) is 27.8. The first-order valence-corrected chi connectivity index (χ1v) is 8.06. The summed E-state index contributed by atoms with van der Waals surface area (Å²) in [7, 11) is 0. The summed E-state index contributed by atoms with van der Waals surface area (Å²) in [4.78, 5) is 0. The van der Waals surface area contributed by atoms with E-state index in [0.29, 0.717) is 11.5 Å². The van der Waals surface area contributed by atoms with Crippen molar-refractivity contribution < 1.29 is 4.42 Å². The number of furan rings is 1. The van der Waals surface area contributed by atoms with Crippen LogP contribution in [0.15, 0.2) is 89.3 Å². The quantitative estimate of drug-likeness (QED) is 0.405. The van der Waals surface area contributed by atoms with E-state index in [2.05, 4.69) is 23.7 Å². The fourth-order valence-electron chi connectivity index (χ4n) is 2.58. The van der Waals surface area contributed by atoms with Gasteiger partial charge in [0.2, 0.25) is 0 Å². The highest BCUT2D eigenvalue weighted by atomic mass is 16.3. The normalized spacial score (nSPS) is 9.76. The maximum absolute atomic E-state index is 5.96. The smallest absolute Gasteiger partial charge is 0.186 e. The van der Waals surface area contributed by atoms with Crippen LogP contribution in [0, 0.1) is 23.7 Å². The summed E-state index contributed by atoms with van der Waals surface area (Å²) in [5.41, 5.74) is 1.92. The molecule has 4 aromatic rings. The third-order valence-electron chi connectivity index (χ3n) is 3.81. The molecule has 4 rings (SSSR count). The molecule has 0 spiro atoms. The van der Waals surface area contributed by atoms with Crippen LogP contribution in [0.4, 0.5) is 0 Å². The molecule has 0 saturated heterocycles. The van der Waals surface area contributed by atoms with E-state index in [0.717, 1.165) is 21.9 Å². The van der Waals surface area contributed by atoms with E-state index < -0.39 is 0 Å². The van der Waals surface area contributed by atoms with Gasteiger partial charge in [0, 0.05) is 21.9 Å². The Labute approximate surface area is 146 Å². The maximum atomic E-state index is 5.96. The van der Waals surface area contributed by atoms with Crippen LogP contribution < -0.4 is 0 Å². The molecule has 1 heterocycles. The lowest BCUT2D eigenvalue weighted by atomic mass is 10.1. The van der Waals surface area contributed by atoms with Crippen LogP contribution in [-0.2, 0) is 0 Å². The third-order valence-corrected chi connectivity index (χ3v) is 3.81. The molecule has 3 aromatic carbocycles. The highest BCUT2D eigenvalue weighted by molar-refractivity contribution is 5.91. The summed E-state index contributed by atoms with van der Waals surface area (Å²) in [5, 5.41) is 1.98. The van der Waals surface area contributed by atoms with E-state index in [4.69, 9.17) is 4.42 Å². The average Bonchev–Trinajstić information content (AvgIpc) is 3.04. The lowest BCUT2D eigenvalue weighted by Gasteiger charge is -1.88. The van der Waals surface area contributed by atoms with Crippen molar-refractivity contribution in [2.75, 3.05) is 0 Å². The lowest BCUT2D eigenvalue weighted by Crippen LogP contribution is -1.73. The fourth-order valence-corrected chi connectivity index (χ4v) is 2.58. The van der Waals surface area contributed by atoms with E-state index in [1.807, 2.05) is 84.9 Å². The molecule has 0 fully saturated rings. The number of hydrogen-bond donors (Lipinski definition) is 0. The molecule has 0 radical (unpaired) electrons. The van der Waals surface area contributed by atoms with Gasteiger partial charge in [0.05, 0.1) is 0 Å². The topological polar surface area (TPSA) is 13.1 Å². The van der Waals surface area contributed by atoms with Gasteiger partial charge in [0.15, 0.2) is 11.5 Å². The van der Waals surface area contributed by atoms with E-state index in [-0.39, 0.29) is 0 Å². The van der Waals surface area contributed by atoms with Crippen LogP contribution in [0.2, 0.25) is 0 Å². The van der Waals surface area contributed by atoms with Crippen LogP contribution in [0.5, 0.6) is 0 Å². The molecule has 0 amide bonds. The molecule has 1 aromatic heterocycles. The second-order valence-corrected chi connectivity index (χ2v) is 5.54. The average molecular weight is 318 g/mol. The van der Waals surface area contributed by atoms with Gasteiger partial charge in [-0.05, 0) is 48.2 Å². The molecular formula is C24H14O. The number of hydrogen-bond acceptors (Lipinski definition) is 1. The first kappa shape index (κ1) is 14.9. The standard InChI is InChI=1S/C24H14O/c1-3-9-19(10-4-1)15-17-23-21-13-7-8-14-22(21)24(25-23)18-16-20-11-5-2-6-12-20/h1-14H. The Bertz CT molecular complexity index is 1040. The predicted octanol–water partition coefficient (Wildman–Crippen LogP) is 5.23. The second kappa shape index (κ2) is 6.83. The Morgan fingerprint density at radius 1 is 0.440 bits per heavy atom. The van der Waals surface area contributed by atoms with Crippen LogP contribution in [0.3, 0.4) is 0 Å². The van der Waals surface area contributed by atoms with E-state index in [9.17, 15) is 0 Å². The van der Waals surface area contributed by atoms with Gasteiger partial charge in [-0.15, -0.1) is 0 Å². The molecule has 0 aliphatic carbocycles. The van der Waals surface area contributed by atoms with Gasteiger partial charge < -0.3 is 4.42 Å². The number of rotatable bonds is 0. The van der Waals surface area contributed by atoms with Gasteiger partial charge in [0.25, 0.3) is 0 Å². The highest BCUT2D eigenvalue weighted by Gasteiger charge is 2.09. The minimum absolute atomic E-state index is 0.650. The first-order valence-electron chi connectivity index (χ1n) is 8.06. The van der Waals surface area contributed by atoms with Crippen LogP contribution in [0.25, 0.3) is 10.8 Å². The van der Waals surface area contributed by atoms with Crippen molar-refractivity contribution in [3.63, 3.8) is 0 Å². The molecule has 1 heteroatoms. The summed E-state index contributed by atoms with van der Waals surface area (Å²) in [5.74, 6) is 13.9. The third kappa shape index (κ3) is 3.32. The van der Waals surface area contributed by atoms with Gasteiger partial charge in [0.1, 0.15) is 0 Å². The van der Waals surface area contributed by atoms with Crippen LogP contribution >= 0.6 is 0 Å². The largest absolute Gasteiger partial charge is 0.438 e. The molecule has 0 atom stereocenters. The van der Waals surface area contributed by atoms with Crippen molar-refractivity contribution in [1.82, 2.24) is 0 Å². The zero-order valence-corrected chi connectivity index (χ0v) is 13.5. The Balaban J connectivity index is 1.78. The number of fused-ring (bicyclic) bond motifs is 1. The second-order valence-electron chi connectivity index (χ2n) is 5.54. The Kier molecular flexibility index (Phi) is 4.07. The summed E-state index contributed by atoms with van der Waals surface area (Å²) in [6.45, 7) is 0. The Morgan fingerprint density at radius 2 is 0.840 bits per heavy atom. The molecular weight excluding hydrogens is 304 g/mol. The van der Waals surface area contributed by atoms with Gasteiger partial charge >= 0.3 is 0 Å². The van der Waals surface area contributed by atoms with Crippen LogP contribution in [-0.4, -0.2) is 0 Å². The SMILES string of the molecule is C(#Cc1oc(C#Cc2ccccc2)c2ccccc12)c1ccccc1. The molecule has 0 aliphatic heterocycles. The van der Waals surface area contributed by atoms with Crippen molar-refractivity contribution in [2.45, 2.75) is 0 Å². The summed E-state index contributed by atoms with van der Waals surface area (Å²) < 4.78 is 5.96. The maximum Gasteiger partial charge on any atom is 0.186 e. The lowest BCUT2D eigenvalue weighted by molar-refractivity contribution is 0.547. The van der Waals surface area contributed by atoms with Crippen molar-refractivity contribution in [1.29, 1.82) is 0 Å². The van der Waals surface area contributed by atoms with Crippen molar-refractivity contribution in [3.8, 4) is 23.7 Å². The van der Waals surface area contributed by atoms with E-state index >= 15 is 0 Å². The molecule has 116 valence electrons. The molecule has 0 unspecified atom stereocenters. The van der Waals surface area contributed by atoms with Gasteiger partial charge in [-0.25, -0.2) is 0 Å². The van der Waals surface area contributed by atoms with E-state index in [1.165, 1.54) is 0 Å². The Morgan fingerprint density at radius 3 is 1.28 bits per heavy atom. The zero-order chi connectivity index (χ0) is 16.9. The first-order chi connectivity index (χ1) is 12.4. The van der Waals surface area contributed by atoms with Crippen molar-refractivity contribution in [2.24, 2.45) is 0 Å². The Hall–Kier alpha value is -3.68. The van der Waals surface area contributed by atoms with E-state index in [1.54, 1.807) is 0 Å². The van der Waals surface area contributed by atoms with Gasteiger partial charge in [-0.3, -0.25) is 0 Å². The fraction of sp³-hybridized carbons (Fsp3) is 0. The van der Waals surface area contributed by atoms with Crippen LogP contribution in [0.1, 0.15) is 22.6 Å². The zero-order valence-electron chi connectivity index (χ0n) is 13.5. The minimum Gasteiger partial charge on any atom is -0.438 e. The van der Waals surface area contributed by atoms with Crippen molar-refractivity contribution in [3.05, 3.63) is 108 Å². The molecule has 0 N–H and O–H groups in total. The summed E-state index contributed by atoms with van der Waals surface area (Å²) >= 11 is 0. The molecule has 25 heavy (non-hydrogen) atoms. The van der Waals surface area contributed by atoms with Gasteiger partial charge in [-0.1, -0.05) is 60.4 Å².